The van der Waals surface area contributed by atoms with Crippen LogP contribution in [0.15, 0.2) is 0 Å². The van der Waals surface area contributed by atoms with Crippen LogP contribution < -0.4 is 0 Å². The SMILES string of the molecule is N#COC(C#N)C(C(=O)O)C(OC#N)OC#N. The second-order valence-corrected chi connectivity index (χ2v) is 2.41. The molecule has 0 rings (SSSR count). The van der Waals surface area contributed by atoms with Gasteiger partial charge in [-0.25, -0.2) is 0 Å². The second kappa shape index (κ2) is 7.17. The van der Waals surface area contributed by atoms with Crippen molar-refractivity contribution in [2.45, 2.75) is 12.4 Å². The molecule has 9 nitrogen and oxygen atoms in total. The lowest BCUT2D eigenvalue weighted by atomic mass is 10.0. The van der Waals surface area contributed by atoms with Gasteiger partial charge in [0, 0.05) is 0 Å². The molecule has 0 aromatic carbocycles. The third-order valence-corrected chi connectivity index (χ3v) is 1.55. The lowest BCUT2D eigenvalue weighted by Crippen LogP contribution is -2.40. The highest BCUT2D eigenvalue weighted by molar-refractivity contribution is 5.72. The summed E-state index contributed by atoms with van der Waals surface area (Å²) in [5.74, 6) is -3.44. The largest absolute Gasteiger partial charge is 0.481 e. The van der Waals surface area contributed by atoms with Crippen LogP contribution in [0.2, 0.25) is 0 Å². The Morgan fingerprint density at radius 1 is 1.00 bits per heavy atom. The maximum atomic E-state index is 10.8. The Labute approximate surface area is 95.2 Å². The van der Waals surface area contributed by atoms with Crippen LogP contribution in [0.25, 0.3) is 0 Å². The van der Waals surface area contributed by atoms with Gasteiger partial charge in [0.05, 0.1) is 0 Å². The number of aliphatic carboxylic acids is 1. The highest BCUT2D eigenvalue weighted by Gasteiger charge is 2.41. The molecular weight excluding hydrogens is 232 g/mol. The maximum Gasteiger partial charge on any atom is 0.319 e. The zero-order valence-electron chi connectivity index (χ0n) is 8.10. The fraction of sp³-hybridized carbons (Fsp3) is 0.375. The minimum absolute atomic E-state index is 1.12. The number of rotatable bonds is 6. The van der Waals surface area contributed by atoms with Crippen LogP contribution in [0.3, 0.4) is 0 Å². The zero-order chi connectivity index (χ0) is 13.3. The van der Waals surface area contributed by atoms with Crippen molar-refractivity contribution in [3.63, 3.8) is 0 Å². The van der Waals surface area contributed by atoms with E-state index < -0.39 is 24.3 Å². The number of nitriles is 4. The summed E-state index contributed by atoms with van der Waals surface area (Å²) in [5, 5.41) is 42.1. The minimum Gasteiger partial charge on any atom is -0.481 e. The summed E-state index contributed by atoms with van der Waals surface area (Å²) in [6, 6.07) is 1.38. The lowest BCUT2D eigenvalue weighted by molar-refractivity contribution is -0.165. The van der Waals surface area contributed by atoms with Gasteiger partial charge in [-0.05, 0) is 0 Å². The van der Waals surface area contributed by atoms with Crippen molar-refractivity contribution < 1.29 is 24.1 Å². The maximum absolute atomic E-state index is 10.8. The predicted molar refractivity (Wildman–Crippen MR) is 44.4 cm³/mol. The summed E-state index contributed by atoms with van der Waals surface area (Å²) in [6.45, 7) is 0. The Balaban J connectivity index is 5.13. The predicted octanol–water partition coefficient (Wildman–Crippen LogP) is -0.601. The average Bonchev–Trinajstić information content (AvgIpc) is 2.28. The van der Waals surface area contributed by atoms with Crippen molar-refractivity contribution in [3.8, 4) is 24.8 Å². The summed E-state index contributed by atoms with van der Waals surface area (Å²) < 4.78 is 12.5. The van der Waals surface area contributed by atoms with E-state index in [-0.39, 0.29) is 0 Å². The fourth-order valence-corrected chi connectivity index (χ4v) is 0.900. The smallest absolute Gasteiger partial charge is 0.319 e. The van der Waals surface area contributed by atoms with Gasteiger partial charge >= 0.3 is 5.97 Å². The topological polar surface area (TPSA) is 160 Å². The quantitative estimate of drug-likeness (QED) is 0.468. The van der Waals surface area contributed by atoms with Crippen LogP contribution in [-0.4, -0.2) is 23.5 Å². The summed E-state index contributed by atoms with van der Waals surface area (Å²) in [6.07, 6.45) is -0.219. The van der Waals surface area contributed by atoms with Crippen molar-refractivity contribution in [1.82, 2.24) is 0 Å². The number of nitrogens with zero attached hydrogens (tertiary/aromatic N) is 4. The fourth-order valence-electron chi connectivity index (χ4n) is 0.900. The molecule has 0 saturated carbocycles. The van der Waals surface area contributed by atoms with Gasteiger partial charge in [-0.2, -0.15) is 21.0 Å². The van der Waals surface area contributed by atoms with E-state index in [0.717, 1.165) is 18.8 Å². The van der Waals surface area contributed by atoms with Gasteiger partial charge in [0.1, 0.15) is 6.07 Å². The molecule has 2 unspecified atom stereocenters. The van der Waals surface area contributed by atoms with Gasteiger partial charge < -0.3 is 19.3 Å². The van der Waals surface area contributed by atoms with E-state index >= 15 is 0 Å². The molecule has 0 aromatic rings. The first-order chi connectivity index (χ1) is 8.12. The van der Waals surface area contributed by atoms with E-state index in [4.69, 9.17) is 26.2 Å². The molecule has 0 heterocycles. The first-order valence-corrected chi connectivity index (χ1v) is 3.89. The van der Waals surface area contributed by atoms with Gasteiger partial charge in [-0.15, -0.1) is 0 Å². The number of carboxylic acid groups (broad SMARTS) is 1. The highest BCUT2D eigenvalue weighted by atomic mass is 16.7. The van der Waals surface area contributed by atoms with Crippen LogP contribution in [-0.2, 0) is 19.0 Å². The first-order valence-electron chi connectivity index (χ1n) is 3.89. The monoisotopic (exact) mass is 236 g/mol. The van der Waals surface area contributed by atoms with Crippen molar-refractivity contribution in [2.24, 2.45) is 5.92 Å². The van der Waals surface area contributed by atoms with Crippen LogP contribution in [0.4, 0.5) is 0 Å². The summed E-state index contributed by atoms with van der Waals surface area (Å²) in [5.41, 5.74) is 0. The van der Waals surface area contributed by atoms with E-state index in [1.165, 1.54) is 6.07 Å². The van der Waals surface area contributed by atoms with Crippen molar-refractivity contribution in [3.05, 3.63) is 0 Å². The van der Waals surface area contributed by atoms with Gasteiger partial charge in [0.15, 0.2) is 5.92 Å². The molecular formula is C8H4N4O5. The van der Waals surface area contributed by atoms with E-state index in [2.05, 4.69) is 14.2 Å². The number of hydrogen-bond donors (Lipinski definition) is 1. The van der Waals surface area contributed by atoms with Crippen molar-refractivity contribution in [1.29, 1.82) is 21.0 Å². The van der Waals surface area contributed by atoms with E-state index in [1.807, 2.05) is 0 Å². The van der Waals surface area contributed by atoms with Crippen LogP contribution in [0.1, 0.15) is 0 Å². The third-order valence-electron chi connectivity index (χ3n) is 1.55. The third kappa shape index (κ3) is 3.83. The molecule has 0 aromatic heterocycles. The molecule has 17 heavy (non-hydrogen) atoms. The number of ether oxygens (including phenoxy) is 3. The molecule has 0 amide bonds. The summed E-state index contributed by atoms with van der Waals surface area (Å²) in [4.78, 5) is 10.8. The van der Waals surface area contributed by atoms with Gasteiger partial charge in [-0.3, -0.25) is 4.79 Å². The number of carboxylic acids is 1. The molecule has 9 heteroatoms. The summed E-state index contributed by atoms with van der Waals surface area (Å²) in [7, 11) is 0. The average molecular weight is 236 g/mol. The molecule has 86 valence electrons. The van der Waals surface area contributed by atoms with E-state index in [0.29, 0.717) is 0 Å². The molecule has 0 bridgehead atoms. The molecule has 0 radical (unpaired) electrons. The van der Waals surface area contributed by atoms with Gasteiger partial charge in [0.25, 0.3) is 25.1 Å². The Morgan fingerprint density at radius 2 is 1.47 bits per heavy atom. The standard InChI is InChI=1S/C8H4N4O5/c9-1-5(15-2-10)6(7(13)14)8(16-3-11)17-4-12/h5-6,8H,(H,13,14). The van der Waals surface area contributed by atoms with Crippen LogP contribution in [0, 0.1) is 51.8 Å². The molecule has 0 saturated heterocycles. The molecule has 1 N–H and O–H groups in total. The first kappa shape index (κ1) is 13.8. The molecule has 0 spiro atoms. The van der Waals surface area contributed by atoms with Crippen LogP contribution >= 0.6 is 0 Å². The molecule has 0 aliphatic rings. The molecule has 0 fully saturated rings. The Hall–Kier alpha value is -3.17. The number of carbonyl (C=O) groups is 1. The van der Waals surface area contributed by atoms with Gasteiger partial charge in [-0.1, -0.05) is 0 Å². The minimum atomic E-state index is -1.85. The van der Waals surface area contributed by atoms with E-state index in [9.17, 15) is 4.79 Å². The number of hydrogen-bond acceptors (Lipinski definition) is 8. The second-order valence-electron chi connectivity index (χ2n) is 2.41. The molecule has 0 aliphatic heterocycles. The zero-order valence-corrected chi connectivity index (χ0v) is 8.10. The van der Waals surface area contributed by atoms with Crippen LogP contribution in [0.5, 0.6) is 0 Å². The highest BCUT2D eigenvalue weighted by Crippen LogP contribution is 2.17. The van der Waals surface area contributed by atoms with E-state index in [1.54, 1.807) is 0 Å². The Kier molecular flexibility index (Phi) is 5.83. The molecule has 0 aliphatic carbocycles. The summed E-state index contributed by atoms with van der Waals surface area (Å²) >= 11 is 0. The van der Waals surface area contributed by atoms with Crippen molar-refractivity contribution in [2.75, 3.05) is 0 Å². The van der Waals surface area contributed by atoms with Gasteiger partial charge in [0.2, 0.25) is 6.10 Å². The Bertz CT molecular complexity index is 421. The normalized spacial score (nSPS) is 11.8. The lowest BCUT2D eigenvalue weighted by Gasteiger charge is -2.20. The van der Waals surface area contributed by atoms with Crippen molar-refractivity contribution >= 4 is 5.97 Å². The Morgan fingerprint density at radius 3 is 1.76 bits per heavy atom. The molecule has 2 atom stereocenters.